The van der Waals surface area contributed by atoms with Gasteiger partial charge in [-0.3, -0.25) is 0 Å². The highest BCUT2D eigenvalue weighted by Gasteiger charge is 2.25. The molecule has 17 heavy (non-hydrogen) atoms. The van der Waals surface area contributed by atoms with E-state index in [4.69, 9.17) is 0 Å². The zero-order chi connectivity index (χ0) is 11.7. The third-order valence-electron chi connectivity index (χ3n) is 4.29. The van der Waals surface area contributed by atoms with Crippen LogP contribution in [0.3, 0.4) is 0 Å². The van der Waals surface area contributed by atoms with Crippen LogP contribution in [-0.2, 0) is 0 Å². The van der Waals surface area contributed by atoms with Crippen LogP contribution in [0.25, 0.3) is 0 Å². The standard InChI is InChI=1S/C15H22N2/c1-11-6-7-13(8-11)16-9-12-10-17-15-5-3-2-4-14(12)15/h2-5,11-13,16-17H,6-10H2,1H3. The largest absolute Gasteiger partial charge is 0.384 e. The van der Waals surface area contributed by atoms with Gasteiger partial charge in [0.25, 0.3) is 0 Å². The first-order valence-electron chi connectivity index (χ1n) is 6.89. The van der Waals surface area contributed by atoms with Gasteiger partial charge in [-0.2, -0.15) is 0 Å². The Morgan fingerprint density at radius 1 is 1.29 bits per heavy atom. The Bertz CT molecular complexity index is 388. The fourth-order valence-corrected chi connectivity index (χ4v) is 3.24. The first kappa shape index (κ1) is 11.1. The molecule has 1 saturated carbocycles. The molecule has 0 bridgehead atoms. The van der Waals surface area contributed by atoms with Crippen molar-refractivity contribution < 1.29 is 0 Å². The second-order valence-corrected chi connectivity index (χ2v) is 5.69. The van der Waals surface area contributed by atoms with E-state index in [2.05, 4.69) is 41.8 Å². The molecule has 1 heterocycles. The van der Waals surface area contributed by atoms with Crippen molar-refractivity contribution in [1.82, 2.24) is 5.32 Å². The van der Waals surface area contributed by atoms with Crippen LogP contribution in [-0.4, -0.2) is 19.1 Å². The first-order valence-corrected chi connectivity index (χ1v) is 6.89. The normalized spacial score (nSPS) is 31.2. The second-order valence-electron chi connectivity index (χ2n) is 5.69. The number of hydrogen-bond donors (Lipinski definition) is 2. The lowest BCUT2D eigenvalue weighted by atomic mass is 10.0. The minimum atomic E-state index is 0.655. The predicted octanol–water partition coefficient (Wildman–Crippen LogP) is 2.97. The van der Waals surface area contributed by atoms with Crippen molar-refractivity contribution in [3.63, 3.8) is 0 Å². The summed E-state index contributed by atoms with van der Waals surface area (Å²) in [6.07, 6.45) is 4.13. The average molecular weight is 230 g/mol. The van der Waals surface area contributed by atoms with Crippen LogP contribution in [0.5, 0.6) is 0 Å². The maximum Gasteiger partial charge on any atom is 0.0376 e. The lowest BCUT2D eigenvalue weighted by molar-refractivity contribution is 0.483. The van der Waals surface area contributed by atoms with Crippen molar-refractivity contribution in [3.8, 4) is 0 Å². The molecule has 1 aromatic carbocycles. The highest BCUT2D eigenvalue weighted by atomic mass is 15.0. The Labute approximate surface area is 104 Å². The van der Waals surface area contributed by atoms with Gasteiger partial charge in [-0.15, -0.1) is 0 Å². The molecule has 1 aromatic rings. The van der Waals surface area contributed by atoms with Crippen LogP contribution < -0.4 is 10.6 Å². The van der Waals surface area contributed by atoms with E-state index < -0.39 is 0 Å². The number of para-hydroxylation sites is 1. The molecule has 2 N–H and O–H groups in total. The van der Waals surface area contributed by atoms with Crippen molar-refractivity contribution in [2.24, 2.45) is 5.92 Å². The van der Waals surface area contributed by atoms with Crippen LogP contribution in [0.2, 0.25) is 0 Å². The number of fused-ring (bicyclic) bond motifs is 1. The van der Waals surface area contributed by atoms with Crippen LogP contribution in [0, 0.1) is 5.92 Å². The van der Waals surface area contributed by atoms with Gasteiger partial charge in [-0.1, -0.05) is 25.1 Å². The number of hydrogen-bond acceptors (Lipinski definition) is 2. The molecule has 3 unspecified atom stereocenters. The summed E-state index contributed by atoms with van der Waals surface area (Å²) < 4.78 is 0. The lowest BCUT2D eigenvalue weighted by Crippen LogP contribution is -2.31. The molecule has 0 amide bonds. The molecule has 92 valence electrons. The number of benzene rings is 1. The summed E-state index contributed by atoms with van der Waals surface area (Å²) in [5.41, 5.74) is 2.82. The van der Waals surface area contributed by atoms with Gasteiger partial charge in [0.1, 0.15) is 0 Å². The lowest BCUT2D eigenvalue weighted by Gasteiger charge is -2.16. The van der Waals surface area contributed by atoms with E-state index in [9.17, 15) is 0 Å². The van der Waals surface area contributed by atoms with Gasteiger partial charge < -0.3 is 10.6 Å². The molecule has 2 nitrogen and oxygen atoms in total. The minimum absolute atomic E-state index is 0.655. The van der Waals surface area contributed by atoms with Crippen LogP contribution in [0.1, 0.15) is 37.7 Å². The van der Waals surface area contributed by atoms with E-state index in [0.29, 0.717) is 5.92 Å². The first-order chi connectivity index (χ1) is 8.33. The highest BCUT2D eigenvalue weighted by Crippen LogP contribution is 2.31. The van der Waals surface area contributed by atoms with Gasteiger partial charge in [0.15, 0.2) is 0 Å². The Balaban J connectivity index is 1.57. The minimum Gasteiger partial charge on any atom is -0.384 e. The van der Waals surface area contributed by atoms with E-state index in [1.54, 1.807) is 0 Å². The van der Waals surface area contributed by atoms with Crippen molar-refractivity contribution in [2.45, 2.75) is 38.1 Å². The third kappa shape index (κ3) is 2.32. The van der Waals surface area contributed by atoms with E-state index in [0.717, 1.165) is 25.0 Å². The summed E-state index contributed by atoms with van der Waals surface area (Å²) in [5, 5.41) is 7.25. The Morgan fingerprint density at radius 2 is 2.18 bits per heavy atom. The van der Waals surface area contributed by atoms with Crippen molar-refractivity contribution in [2.75, 3.05) is 18.4 Å². The van der Waals surface area contributed by atoms with E-state index in [1.807, 2.05) is 0 Å². The van der Waals surface area contributed by atoms with Gasteiger partial charge in [-0.25, -0.2) is 0 Å². The molecular formula is C15H22N2. The van der Waals surface area contributed by atoms with E-state index in [-0.39, 0.29) is 0 Å². The molecule has 0 radical (unpaired) electrons. The van der Waals surface area contributed by atoms with Crippen LogP contribution in [0.15, 0.2) is 24.3 Å². The fraction of sp³-hybridized carbons (Fsp3) is 0.600. The monoisotopic (exact) mass is 230 g/mol. The van der Waals surface area contributed by atoms with E-state index >= 15 is 0 Å². The Hall–Kier alpha value is -1.02. The third-order valence-corrected chi connectivity index (χ3v) is 4.29. The number of anilines is 1. The smallest absolute Gasteiger partial charge is 0.0376 e. The van der Waals surface area contributed by atoms with Gasteiger partial charge in [-0.05, 0) is 36.8 Å². The summed E-state index contributed by atoms with van der Waals surface area (Å²) in [6, 6.07) is 9.47. The van der Waals surface area contributed by atoms with Crippen LogP contribution in [0.4, 0.5) is 5.69 Å². The average Bonchev–Trinajstić information content (AvgIpc) is 2.93. The van der Waals surface area contributed by atoms with Crippen LogP contribution >= 0.6 is 0 Å². The molecule has 2 heteroatoms. The van der Waals surface area contributed by atoms with Crippen molar-refractivity contribution >= 4 is 5.69 Å². The molecular weight excluding hydrogens is 208 g/mol. The maximum atomic E-state index is 3.75. The fourth-order valence-electron chi connectivity index (χ4n) is 3.24. The summed E-state index contributed by atoms with van der Waals surface area (Å²) in [7, 11) is 0. The van der Waals surface area contributed by atoms with Crippen molar-refractivity contribution in [3.05, 3.63) is 29.8 Å². The molecule has 0 spiro atoms. The van der Waals surface area contributed by atoms with Gasteiger partial charge in [0.05, 0.1) is 0 Å². The highest BCUT2D eigenvalue weighted by molar-refractivity contribution is 5.57. The molecule has 0 saturated heterocycles. The number of nitrogens with one attached hydrogen (secondary N) is 2. The predicted molar refractivity (Wildman–Crippen MR) is 72.5 cm³/mol. The molecule has 1 fully saturated rings. The van der Waals surface area contributed by atoms with Gasteiger partial charge in [0.2, 0.25) is 0 Å². The maximum absolute atomic E-state index is 3.75. The SMILES string of the molecule is CC1CCC(NCC2CNc3ccccc32)C1. The molecule has 0 aromatic heterocycles. The summed E-state index contributed by atoms with van der Waals surface area (Å²) >= 11 is 0. The second kappa shape index (κ2) is 4.69. The zero-order valence-electron chi connectivity index (χ0n) is 10.6. The molecule has 2 aliphatic rings. The van der Waals surface area contributed by atoms with Gasteiger partial charge in [0, 0.05) is 30.7 Å². The summed E-state index contributed by atoms with van der Waals surface area (Å²) in [4.78, 5) is 0. The Kier molecular flexibility index (Phi) is 3.06. The topological polar surface area (TPSA) is 24.1 Å². The van der Waals surface area contributed by atoms with Crippen molar-refractivity contribution in [1.29, 1.82) is 0 Å². The summed E-state index contributed by atoms with van der Waals surface area (Å²) in [5.74, 6) is 1.57. The zero-order valence-corrected chi connectivity index (χ0v) is 10.6. The quantitative estimate of drug-likeness (QED) is 0.834. The molecule has 3 rings (SSSR count). The molecule has 1 aliphatic carbocycles. The van der Waals surface area contributed by atoms with Gasteiger partial charge >= 0.3 is 0 Å². The van der Waals surface area contributed by atoms with E-state index in [1.165, 1.54) is 30.5 Å². The molecule has 3 atom stereocenters. The molecule has 1 aliphatic heterocycles. The Morgan fingerprint density at radius 3 is 3.00 bits per heavy atom. The number of rotatable bonds is 3. The summed E-state index contributed by atoms with van der Waals surface area (Å²) in [6.45, 7) is 4.59.